The summed E-state index contributed by atoms with van der Waals surface area (Å²) < 4.78 is 0. The predicted molar refractivity (Wildman–Crippen MR) is 93.9 cm³/mol. The molecule has 4 heteroatoms. The van der Waals surface area contributed by atoms with Crippen molar-refractivity contribution in [1.82, 2.24) is 5.43 Å². The fourth-order valence-electron chi connectivity index (χ4n) is 2.56. The number of rotatable bonds is 11. The lowest BCUT2D eigenvalue weighted by atomic mass is 10.00. The van der Waals surface area contributed by atoms with Crippen molar-refractivity contribution in [2.24, 2.45) is 5.84 Å². The molecule has 0 spiro atoms. The second-order valence-corrected chi connectivity index (χ2v) is 6.48. The monoisotopic (exact) mass is 330 g/mol. The fourth-order valence-corrected chi connectivity index (χ4v) is 2.96. The first-order chi connectivity index (χ1) is 10.2. The molecule has 0 saturated carbocycles. The standard InChI is InChI=1S/C17H28Cl2N2/c1-2-3-4-5-6-7-8-11-15(21-20)13-14-10-9-12-16(18)17(14)19/h9-10,12,15,21H,2-8,11,13,20H2,1H3. The maximum atomic E-state index is 6.23. The lowest BCUT2D eigenvalue weighted by molar-refractivity contribution is 0.458. The van der Waals surface area contributed by atoms with Crippen LogP contribution in [0.5, 0.6) is 0 Å². The van der Waals surface area contributed by atoms with E-state index < -0.39 is 0 Å². The van der Waals surface area contributed by atoms with Crippen molar-refractivity contribution in [3.05, 3.63) is 33.8 Å². The molecule has 0 fully saturated rings. The largest absolute Gasteiger partial charge is 0.271 e. The molecular weight excluding hydrogens is 303 g/mol. The van der Waals surface area contributed by atoms with Crippen LogP contribution in [0.3, 0.4) is 0 Å². The van der Waals surface area contributed by atoms with Gasteiger partial charge in [0, 0.05) is 6.04 Å². The highest BCUT2D eigenvalue weighted by Crippen LogP contribution is 2.27. The third-order valence-electron chi connectivity index (χ3n) is 3.89. The molecule has 1 atom stereocenters. The average molecular weight is 331 g/mol. The molecule has 0 bridgehead atoms. The highest BCUT2D eigenvalue weighted by molar-refractivity contribution is 6.42. The van der Waals surface area contributed by atoms with Gasteiger partial charge in [0.25, 0.3) is 0 Å². The SMILES string of the molecule is CCCCCCCCCC(Cc1cccc(Cl)c1Cl)NN. The number of benzene rings is 1. The fraction of sp³-hybridized carbons (Fsp3) is 0.647. The van der Waals surface area contributed by atoms with Gasteiger partial charge in [0.05, 0.1) is 10.0 Å². The molecule has 2 nitrogen and oxygen atoms in total. The maximum Gasteiger partial charge on any atom is 0.0624 e. The Morgan fingerprint density at radius 3 is 2.38 bits per heavy atom. The first kappa shape index (κ1) is 18.8. The van der Waals surface area contributed by atoms with Crippen LogP contribution < -0.4 is 11.3 Å². The van der Waals surface area contributed by atoms with Crippen molar-refractivity contribution in [2.75, 3.05) is 0 Å². The quantitative estimate of drug-likeness (QED) is 0.319. The summed E-state index contributed by atoms with van der Waals surface area (Å²) in [7, 11) is 0. The zero-order valence-corrected chi connectivity index (χ0v) is 14.5. The van der Waals surface area contributed by atoms with Gasteiger partial charge in [-0.3, -0.25) is 11.3 Å². The molecular formula is C17H28Cl2N2. The summed E-state index contributed by atoms with van der Waals surface area (Å²) >= 11 is 12.3. The lowest BCUT2D eigenvalue weighted by Gasteiger charge is -2.17. The van der Waals surface area contributed by atoms with Crippen LogP contribution in [-0.4, -0.2) is 6.04 Å². The summed E-state index contributed by atoms with van der Waals surface area (Å²) in [6, 6.07) is 6.03. The zero-order chi connectivity index (χ0) is 15.5. The van der Waals surface area contributed by atoms with Crippen LogP contribution in [0.15, 0.2) is 18.2 Å². The third-order valence-corrected chi connectivity index (χ3v) is 4.75. The van der Waals surface area contributed by atoms with Gasteiger partial charge in [0.15, 0.2) is 0 Å². The highest BCUT2D eigenvalue weighted by Gasteiger charge is 2.11. The Balaban J connectivity index is 2.27. The summed E-state index contributed by atoms with van der Waals surface area (Å²) in [6.07, 6.45) is 11.1. The van der Waals surface area contributed by atoms with Gasteiger partial charge in [-0.15, -0.1) is 0 Å². The molecule has 1 aromatic rings. The van der Waals surface area contributed by atoms with E-state index in [-0.39, 0.29) is 6.04 Å². The Kier molecular flexibility index (Phi) is 10.1. The smallest absolute Gasteiger partial charge is 0.0624 e. The summed E-state index contributed by atoms with van der Waals surface area (Å²) in [4.78, 5) is 0. The molecule has 0 aliphatic heterocycles. The van der Waals surface area contributed by atoms with E-state index in [2.05, 4.69) is 12.3 Å². The van der Waals surface area contributed by atoms with Crippen LogP contribution in [0, 0.1) is 0 Å². The van der Waals surface area contributed by atoms with E-state index in [4.69, 9.17) is 29.0 Å². The Morgan fingerprint density at radius 1 is 1.05 bits per heavy atom. The molecule has 0 heterocycles. The topological polar surface area (TPSA) is 38.0 Å². The first-order valence-corrected chi connectivity index (χ1v) is 8.83. The van der Waals surface area contributed by atoms with Crippen molar-refractivity contribution >= 4 is 23.2 Å². The van der Waals surface area contributed by atoms with E-state index in [1.165, 1.54) is 44.9 Å². The van der Waals surface area contributed by atoms with Crippen molar-refractivity contribution in [2.45, 2.75) is 70.8 Å². The second-order valence-electron chi connectivity index (χ2n) is 5.69. The minimum absolute atomic E-state index is 0.261. The van der Waals surface area contributed by atoms with Gasteiger partial charge in [0.1, 0.15) is 0 Å². The highest BCUT2D eigenvalue weighted by atomic mass is 35.5. The maximum absolute atomic E-state index is 6.23. The van der Waals surface area contributed by atoms with Crippen molar-refractivity contribution in [1.29, 1.82) is 0 Å². The third kappa shape index (κ3) is 7.51. The van der Waals surface area contributed by atoms with E-state index in [0.29, 0.717) is 10.0 Å². The van der Waals surface area contributed by atoms with Gasteiger partial charge in [-0.1, -0.05) is 87.2 Å². The molecule has 3 N–H and O–H groups in total. The Labute approximate surface area is 139 Å². The molecule has 1 aromatic carbocycles. The number of hydrogen-bond acceptors (Lipinski definition) is 2. The summed E-state index contributed by atoms with van der Waals surface area (Å²) in [5.41, 5.74) is 3.97. The van der Waals surface area contributed by atoms with Gasteiger partial charge in [-0.25, -0.2) is 0 Å². The van der Waals surface area contributed by atoms with Gasteiger partial charge in [-0.05, 0) is 24.5 Å². The van der Waals surface area contributed by atoms with Gasteiger partial charge >= 0.3 is 0 Å². The number of halogens is 2. The molecule has 0 saturated heterocycles. The molecule has 120 valence electrons. The minimum atomic E-state index is 0.261. The number of nitrogens with one attached hydrogen (secondary N) is 1. The Morgan fingerprint density at radius 2 is 1.71 bits per heavy atom. The van der Waals surface area contributed by atoms with Crippen molar-refractivity contribution in [3.63, 3.8) is 0 Å². The summed E-state index contributed by atoms with van der Waals surface area (Å²) in [5, 5.41) is 1.26. The normalized spacial score (nSPS) is 12.6. The first-order valence-electron chi connectivity index (χ1n) is 8.08. The average Bonchev–Trinajstić information content (AvgIpc) is 2.49. The van der Waals surface area contributed by atoms with Crippen LogP contribution >= 0.6 is 23.2 Å². The number of unbranched alkanes of at least 4 members (excludes halogenated alkanes) is 6. The van der Waals surface area contributed by atoms with Crippen LogP contribution in [0.25, 0.3) is 0 Å². The summed E-state index contributed by atoms with van der Waals surface area (Å²) in [6.45, 7) is 2.25. The second kappa shape index (κ2) is 11.3. The molecule has 0 aromatic heterocycles. The van der Waals surface area contributed by atoms with Gasteiger partial charge in [0.2, 0.25) is 0 Å². The summed E-state index contributed by atoms with van der Waals surface area (Å²) in [5.74, 6) is 5.66. The van der Waals surface area contributed by atoms with E-state index in [1.54, 1.807) is 0 Å². The van der Waals surface area contributed by atoms with E-state index in [0.717, 1.165) is 18.4 Å². The van der Waals surface area contributed by atoms with Gasteiger partial charge in [-0.2, -0.15) is 0 Å². The molecule has 0 radical (unpaired) electrons. The minimum Gasteiger partial charge on any atom is -0.271 e. The van der Waals surface area contributed by atoms with Crippen LogP contribution in [0.4, 0.5) is 0 Å². The Bertz CT molecular complexity index is 396. The van der Waals surface area contributed by atoms with E-state index >= 15 is 0 Å². The lowest BCUT2D eigenvalue weighted by Crippen LogP contribution is -2.36. The molecule has 0 amide bonds. The number of nitrogens with two attached hydrogens (primary N) is 1. The zero-order valence-electron chi connectivity index (χ0n) is 13.0. The van der Waals surface area contributed by atoms with Gasteiger partial charge < -0.3 is 0 Å². The number of hydrogen-bond donors (Lipinski definition) is 2. The molecule has 0 aliphatic rings. The predicted octanol–water partition coefficient (Wildman–Crippen LogP) is 5.51. The molecule has 0 aliphatic carbocycles. The molecule has 21 heavy (non-hydrogen) atoms. The number of hydrazine groups is 1. The molecule has 1 rings (SSSR count). The van der Waals surface area contributed by atoms with Crippen molar-refractivity contribution in [3.8, 4) is 0 Å². The molecule has 1 unspecified atom stereocenters. The van der Waals surface area contributed by atoms with Crippen molar-refractivity contribution < 1.29 is 0 Å². The van der Waals surface area contributed by atoms with E-state index in [1.807, 2.05) is 18.2 Å². The van der Waals surface area contributed by atoms with Crippen LogP contribution in [-0.2, 0) is 6.42 Å². The van der Waals surface area contributed by atoms with Crippen LogP contribution in [0.1, 0.15) is 63.9 Å². The van der Waals surface area contributed by atoms with Crippen LogP contribution in [0.2, 0.25) is 10.0 Å². The van der Waals surface area contributed by atoms with E-state index in [9.17, 15) is 0 Å². The Hall–Kier alpha value is -0.280.